The van der Waals surface area contributed by atoms with Crippen molar-refractivity contribution in [2.75, 3.05) is 26.7 Å². The van der Waals surface area contributed by atoms with Crippen LogP contribution < -0.4 is 10.6 Å². The van der Waals surface area contributed by atoms with E-state index in [0.29, 0.717) is 12.0 Å². The van der Waals surface area contributed by atoms with Crippen molar-refractivity contribution >= 4 is 6.03 Å². The van der Waals surface area contributed by atoms with Crippen molar-refractivity contribution < 1.29 is 4.79 Å². The molecule has 0 radical (unpaired) electrons. The lowest BCUT2D eigenvalue weighted by molar-refractivity contribution is 0.152. The molecule has 2 N–H and O–H groups in total. The minimum Gasteiger partial charge on any atom is -0.341 e. The first kappa shape index (κ1) is 12.3. The Kier molecular flexibility index (Phi) is 4.88. The van der Waals surface area contributed by atoms with Gasteiger partial charge in [-0.3, -0.25) is 0 Å². The van der Waals surface area contributed by atoms with Crippen LogP contribution in [0.5, 0.6) is 0 Å². The third kappa shape index (κ3) is 3.38. The number of likely N-dealkylation sites (tertiary alicyclic amines) is 1. The van der Waals surface area contributed by atoms with E-state index in [1.54, 1.807) is 7.05 Å². The maximum absolute atomic E-state index is 11.4. The number of carbonyl (C=O) groups is 1. The largest absolute Gasteiger partial charge is 0.341 e. The maximum atomic E-state index is 11.4. The third-order valence-electron chi connectivity index (χ3n) is 3.06. The molecule has 15 heavy (non-hydrogen) atoms. The van der Waals surface area contributed by atoms with E-state index in [-0.39, 0.29) is 6.03 Å². The molecule has 0 spiro atoms. The molecule has 1 aliphatic heterocycles. The molecule has 0 saturated carbocycles. The van der Waals surface area contributed by atoms with Crippen molar-refractivity contribution in [1.29, 1.82) is 0 Å². The van der Waals surface area contributed by atoms with E-state index in [0.717, 1.165) is 26.1 Å². The Balaban J connectivity index is 2.37. The Morgan fingerprint density at radius 3 is 2.80 bits per heavy atom. The Morgan fingerprint density at radius 1 is 1.53 bits per heavy atom. The van der Waals surface area contributed by atoms with Gasteiger partial charge in [-0.2, -0.15) is 0 Å². The number of nitrogens with zero attached hydrogens (tertiary/aromatic N) is 1. The quantitative estimate of drug-likeness (QED) is 0.735. The van der Waals surface area contributed by atoms with Crippen LogP contribution in [-0.4, -0.2) is 43.7 Å². The lowest BCUT2D eigenvalue weighted by atomic mass is 9.94. The second-order valence-electron chi connectivity index (χ2n) is 4.33. The summed E-state index contributed by atoms with van der Waals surface area (Å²) in [5, 5.41) is 6.22. The zero-order valence-corrected chi connectivity index (χ0v) is 10.0. The zero-order chi connectivity index (χ0) is 11.3. The molecule has 1 rings (SSSR count). The van der Waals surface area contributed by atoms with E-state index >= 15 is 0 Å². The van der Waals surface area contributed by atoms with Gasteiger partial charge in [0.2, 0.25) is 0 Å². The first-order chi connectivity index (χ1) is 7.19. The fourth-order valence-electron chi connectivity index (χ4n) is 2.12. The average Bonchev–Trinajstić information content (AvgIpc) is 2.26. The van der Waals surface area contributed by atoms with Crippen LogP contribution in [0.15, 0.2) is 0 Å². The lowest BCUT2D eigenvalue weighted by Crippen LogP contribution is -2.52. The molecule has 4 nitrogen and oxygen atoms in total. The monoisotopic (exact) mass is 213 g/mol. The van der Waals surface area contributed by atoms with E-state index in [2.05, 4.69) is 24.5 Å². The van der Waals surface area contributed by atoms with Crippen molar-refractivity contribution in [3.8, 4) is 0 Å². The fourth-order valence-corrected chi connectivity index (χ4v) is 2.12. The molecular weight excluding hydrogens is 190 g/mol. The molecule has 4 heteroatoms. The predicted octanol–water partition coefficient (Wildman–Crippen LogP) is 1.04. The van der Waals surface area contributed by atoms with Crippen LogP contribution in [0.1, 0.15) is 26.7 Å². The third-order valence-corrected chi connectivity index (χ3v) is 3.06. The summed E-state index contributed by atoms with van der Waals surface area (Å²) in [6.45, 7) is 7.20. The molecule has 0 aromatic carbocycles. The standard InChI is InChI=1S/C11H23N3O/c1-4-6-13-10-5-7-14(8-9(10)2)11(15)12-3/h9-10,13H,4-8H2,1-3H3,(H,12,15). The topological polar surface area (TPSA) is 44.4 Å². The molecule has 0 aromatic heterocycles. The summed E-state index contributed by atoms with van der Waals surface area (Å²) in [5.41, 5.74) is 0. The average molecular weight is 213 g/mol. The maximum Gasteiger partial charge on any atom is 0.317 e. The Labute approximate surface area is 92.4 Å². The first-order valence-electron chi connectivity index (χ1n) is 5.89. The molecule has 88 valence electrons. The van der Waals surface area contributed by atoms with Crippen LogP contribution in [-0.2, 0) is 0 Å². The van der Waals surface area contributed by atoms with Gasteiger partial charge in [0, 0.05) is 26.2 Å². The van der Waals surface area contributed by atoms with Crippen LogP contribution in [0, 0.1) is 5.92 Å². The van der Waals surface area contributed by atoms with Crippen LogP contribution in [0.3, 0.4) is 0 Å². The summed E-state index contributed by atoms with van der Waals surface area (Å²) in [6.07, 6.45) is 2.23. The van der Waals surface area contributed by atoms with E-state index in [4.69, 9.17) is 0 Å². The van der Waals surface area contributed by atoms with Gasteiger partial charge in [-0.25, -0.2) is 4.79 Å². The highest BCUT2D eigenvalue weighted by Crippen LogP contribution is 2.16. The fraction of sp³-hybridized carbons (Fsp3) is 0.909. The minimum absolute atomic E-state index is 0.0517. The van der Waals surface area contributed by atoms with Gasteiger partial charge >= 0.3 is 6.03 Å². The number of nitrogens with one attached hydrogen (secondary N) is 2. The van der Waals surface area contributed by atoms with Gasteiger partial charge in [0.05, 0.1) is 0 Å². The minimum atomic E-state index is 0.0517. The van der Waals surface area contributed by atoms with Gasteiger partial charge in [0.15, 0.2) is 0 Å². The molecule has 2 unspecified atom stereocenters. The molecule has 1 fully saturated rings. The van der Waals surface area contributed by atoms with E-state index in [1.165, 1.54) is 6.42 Å². The Bertz CT molecular complexity index is 208. The molecule has 1 saturated heterocycles. The van der Waals surface area contributed by atoms with Crippen molar-refractivity contribution in [2.45, 2.75) is 32.7 Å². The van der Waals surface area contributed by atoms with E-state index in [1.807, 2.05) is 4.90 Å². The van der Waals surface area contributed by atoms with Gasteiger partial charge in [-0.15, -0.1) is 0 Å². The highest BCUT2D eigenvalue weighted by atomic mass is 16.2. The van der Waals surface area contributed by atoms with Crippen molar-refractivity contribution in [2.24, 2.45) is 5.92 Å². The van der Waals surface area contributed by atoms with E-state index in [9.17, 15) is 4.79 Å². The lowest BCUT2D eigenvalue weighted by Gasteiger charge is -2.37. The molecule has 0 aromatic rings. The molecule has 1 heterocycles. The Morgan fingerprint density at radius 2 is 2.27 bits per heavy atom. The molecule has 0 aliphatic carbocycles. The number of rotatable bonds is 3. The van der Waals surface area contributed by atoms with Crippen LogP contribution in [0.25, 0.3) is 0 Å². The van der Waals surface area contributed by atoms with Gasteiger partial charge in [0.1, 0.15) is 0 Å². The molecule has 2 amide bonds. The number of carbonyl (C=O) groups excluding carboxylic acids is 1. The second-order valence-corrected chi connectivity index (χ2v) is 4.33. The molecule has 2 atom stereocenters. The highest BCUT2D eigenvalue weighted by Gasteiger charge is 2.27. The van der Waals surface area contributed by atoms with E-state index < -0.39 is 0 Å². The highest BCUT2D eigenvalue weighted by molar-refractivity contribution is 5.73. The predicted molar refractivity (Wildman–Crippen MR) is 61.9 cm³/mol. The summed E-state index contributed by atoms with van der Waals surface area (Å²) in [5.74, 6) is 0.544. The number of piperidine rings is 1. The van der Waals surface area contributed by atoms with Crippen LogP contribution in [0.2, 0.25) is 0 Å². The first-order valence-corrected chi connectivity index (χ1v) is 5.89. The molecule has 0 bridgehead atoms. The summed E-state index contributed by atoms with van der Waals surface area (Å²) in [7, 11) is 1.69. The Hall–Kier alpha value is -0.770. The normalized spacial score (nSPS) is 26.5. The smallest absolute Gasteiger partial charge is 0.317 e. The van der Waals surface area contributed by atoms with Gasteiger partial charge in [0.25, 0.3) is 0 Å². The number of amides is 2. The van der Waals surface area contributed by atoms with Crippen LogP contribution in [0.4, 0.5) is 4.79 Å². The van der Waals surface area contributed by atoms with Crippen LogP contribution >= 0.6 is 0 Å². The second kappa shape index (κ2) is 5.95. The summed E-state index contributed by atoms with van der Waals surface area (Å²) < 4.78 is 0. The van der Waals surface area contributed by atoms with Gasteiger partial charge < -0.3 is 15.5 Å². The number of hydrogen-bond acceptors (Lipinski definition) is 2. The molecule has 1 aliphatic rings. The van der Waals surface area contributed by atoms with Crippen molar-refractivity contribution in [3.63, 3.8) is 0 Å². The summed E-state index contributed by atoms with van der Waals surface area (Å²) in [4.78, 5) is 13.3. The van der Waals surface area contributed by atoms with Gasteiger partial charge in [-0.1, -0.05) is 13.8 Å². The summed E-state index contributed by atoms with van der Waals surface area (Å²) in [6, 6.07) is 0.627. The number of urea groups is 1. The van der Waals surface area contributed by atoms with Gasteiger partial charge in [-0.05, 0) is 25.3 Å². The zero-order valence-electron chi connectivity index (χ0n) is 10.0. The van der Waals surface area contributed by atoms with Crippen molar-refractivity contribution in [1.82, 2.24) is 15.5 Å². The molecular formula is C11H23N3O. The summed E-state index contributed by atoms with van der Waals surface area (Å²) >= 11 is 0. The SMILES string of the molecule is CCCNC1CCN(C(=O)NC)CC1C. The number of hydrogen-bond donors (Lipinski definition) is 2. The van der Waals surface area contributed by atoms with Crippen molar-refractivity contribution in [3.05, 3.63) is 0 Å².